The molecule has 2 unspecified atom stereocenters. The van der Waals surface area contributed by atoms with Crippen molar-refractivity contribution in [3.63, 3.8) is 0 Å². The molecule has 1 aliphatic heterocycles. The molecule has 0 spiro atoms. The number of nitrogens with one attached hydrogen (secondary N) is 1. The maximum atomic E-state index is 5.85. The van der Waals surface area contributed by atoms with Crippen molar-refractivity contribution in [2.24, 2.45) is 5.84 Å². The molecule has 1 aromatic heterocycles. The smallest absolute Gasteiger partial charge is 0.0910 e. The zero-order chi connectivity index (χ0) is 12.3. The Bertz CT molecular complexity index is 355. The molecule has 1 fully saturated rings. The zero-order valence-corrected chi connectivity index (χ0v) is 11.3. The van der Waals surface area contributed by atoms with Crippen LogP contribution in [0.25, 0.3) is 0 Å². The summed E-state index contributed by atoms with van der Waals surface area (Å²) in [7, 11) is 0. The number of hydrazine groups is 1. The van der Waals surface area contributed by atoms with E-state index in [1.807, 2.05) is 0 Å². The normalized spacial score (nSPS) is 23.8. The van der Waals surface area contributed by atoms with E-state index in [-0.39, 0.29) is 12.1 Å². The summed E-state index contributed by atoms with van der Waals surface area (Å²) in [4.78, 5) is 3.71. The van der Waals surface area contributed by atoms with Crippen molar-refractivity contribution in [3.8, 4) is 0 Å². The molecule has 2 rings (SSSR count). The lowest BCUT2D eigenvalue weighted by Crippen LogP contribution is -2.49. The highest BCUT2D eigenvalue weighted by molar-refractivity contribution is 7.10. The van der Waals surface area contributed by atoms with Crippen molar-refractivity contribution in [2.75, 3.05) is 26.2 Å². The summed E-state index contributed by atoms with van der Waals surface area (Å²) >= 11 is 1.75. The summed E-state index contributed by atoms with van der Waals surface area (Å²) in [6.07, 6.45) is 0.141. The van der Waals surface area contributed by atoms with Gasteiger partial charge in [-0.15, -0.1) is 11.3 Å². The second-order valence-corrected chi connectivity index (χ2v) is 5.55. The predicted molar refractivity (Wildman–Crippen MR) is 71.0 cm³/mol. The monoisotopic (exact) mass is 255 g/mol. The second kappa shape index (κ2) is 5.93. The van der Waals surface area contributed by atoms with Crippen LogP contribution in [0.2, 0.25) is 0 Å². The maximum absolute atomic E-state index is 5.85. The molecule has 17 heavy (non-hydrogen) atoms. The van der Waals surface area contributed by atoms with Crippen LogP contribution in [-0.4, -0.2) is 37.2 Å². The lowest BCUT2D eigenvalue weighted by Gasteiger charge is -2.36. The minimum absolute atomic E-state index is 0.0919. The number of hydrogen-bond acceptors (Lipinski definition) is 5. The fourth-order valence-corrected chi connectivity index (χ4v) is 3.01. The standard InChI is InChI=1S/C12H21N3OS/c1-3-15-4-5-16-11(7-15)12(14-13)10-6-9(2)17-8-10/h6,8,11-12,14H,3-5,7,13H2,1-2H3. The van der Waals surface area contributed by atoms with E-state index in [4.69, 9.17) is 10.6 Å². The molecule has 5 heteroatoms. The molecule has 0 saturated carbocycles. The molecule has 1 saturated heterocycles. The number of aryl methyl sites for hydroxylation is 1. The van der Waals surface area contributed by atoms with Gasteiger partial charge in [-0.3, -0.25) is 16.2 Å². The minimum atomic E-state index is 0.0919. The molecule has 0 amide bonds. The van der Waals surface area contributed by atoms with Crippen molar-refractivity contribution in [2.45, 2.75) is 26.0 Å². The molecule has 96 valence electrons. The van der Waals surface area contributed by atoms with Crippen LogP contribution in [-0.2, 0) is 4.74 Å². The van der Waals surface area contributed by atoms with Crippen LogP contribution in [0.4, 0.5) is 0 Å². The Morgan fingerprint density at radius 1 is 1.71 bits per heavy atom. The Labute approximate surface area is 107 Å². The second-order valence-electron chi connectivity index (χ2n) is 4.44. The summed E-state index contributed by atoms with van der Waals surface area (Å²) < 4.78 is 5.85. The van der Waals surface area contributed by atoms with Crippen molar-refractivity contribution in [1.82, 2.24) is 10.3 Å². The van der Waals surface area contributed by atoms with E-state index in [1.54, 1.807) is 11.3 Å². The number of ether oxygens (including phenoxy) is 1. The van der Waals surface area contributed by atoms with Crippen LogP contribution in [0.5, 0.6) is 0 Å². The average Bonchev–Trinajstić information content (AvgIpc) is 2.77. The predicted octanol–water partition coefficient (Wildman–Crippen LogP) is 1.28. The Kier molecular flexibility index (Phi) is 4.53. The van der Waals surface area contributed by atoms with Gasteiger partial charge in [-0.2, -0.15) is 0 Å². The molecule has 1 aromatic rings. The van der Waals surface area contributed by atoms with Gasteiger partial charge >= 0.3 is 0 Å². The van der Waals surface area contributed by atoms with Gasteiger partial charge in [-0.05, 0) is 30.5 Å². The Hall–Kier alpha value is -0.460. The van der Waals surface area contributed by atoms with Gasteiger partial charge in [0.15, 0.2) is 0 Å². The lowest BCUT2D eigenvalue weighted by molar-refractivity contribution is -0.0455. The third-order valence-electron chi connectivity index (χ3n) is 3.29. The van der Waals surface area contributed by atoms with Crippen molar-refractivity contribution >= 4 is 11.3 Å². The van der Waals surface area contributed by atoms with Gasteiger partial charge in [0.25, 0.3) is 0 Å². The van der Waals surface area contributed by atoms with Gasteiger partial charge in [0.1, 0.15) is 0 Å². The molecule has 2 heterocycles. The summed E-state index contributed by atoms with van der Waals surface area (Å²) in [5.74, 6) is 5.69. The SMILES string of the molecule is CCN1CCOC(C(NN)c2csc(C)c2)C1. The molecule has 0 radical (unpaired) electrons. The summed E-state index contributed by atoms with van der Waals surface area (Å²) in [6.45, 7) is 8.12. The quantitative estimate of drug-likeness (QED) is 0.628. The van der Waals surface area contributed by atoms with E-state index in [0.29, 0.717) is 0 Å². The number of morpholine rings is 1. The zero-order valence-electron chi connectivity index (χ0n) is 10.5. The molecule has 3 N–H and O–H groups in total. The molecule has 1 aliphatic rings. The first kappa shape index (κ1) is 13.0. The lowest BCUT2D eigenvalue weighted by atomic mass is 10.0. The van der Waals surface area contributed by atoms with Gasteiger partial charge in [0, 0.05) is 18.0 Å². The number of likely N-dealkylation sites (N-methyl/N-ethyl adjacent to an activating group) is 1. The van der Waals surface area contributed by atoms with Crippen molar-refractivity contribution in [3.05, 3.63) is 21.9 Å². The maximum Gasteiger partial charge on any atom is 0.0910 e. The van der Waals surface area contributed by atoms with Gasteiger partial charge in [-0.25, -0.2) is 0 Å². The molecule has 0 aromatic carbocycles. The first-order valence-electron chi connectivity index (χ1n) is 6.09. The number of nitrogens with two attached hydrogens (primary N) is 1. The van der Waals surface area contributed by atoms with E-state index in [0.717, 1.165) is 26.2 Å². The minimum Gasteiger partial charge on any atom is -0.374 e. The Morgan fingerprint density at radius 3 is 3.12 bits per heavy atom. The highest BCUT2D eigenvalue weighted by Crippen LogP contribution is 2.25. The topological polar surface area (TPSA) is 50.5 Å². The van der Waals surface area contributed by atoms with Gasteiger partial charge in [-0.1, -0.05) is 6.92 Å². The molecule has 2 atom stereocenters. The van der Waals surface area contributed by atoms with Crippen molar-refractivity contribution < 1.29 is 4.74 Å². The third kappa shape index (κ3) is 3.05. The van der Waals surface area contributed by atoms with E-state index < -0.39 is 0 Å². The molecule has 4 nitrogen and oxygen atoms in total. The largest absolute Gasteiger partial charge is 0.374 e. The van der Waals surface area contributed by atoms with Crippen LogP contribution in [0.15, 0.2) is 11.4 Å². The third-order valence-corrected chi connectivity index (χ3v) is 4.17. The highest BCUT2D eigenvalue weighted by atomic mass is 32.1. The number of rotatable bonds is 4. The highest BCUT2D eigenvalue weighted by Gasteiger charge is 2.28. The molecule has 0 bridgehead atoms. The van der Waals surface area contributed by atoms with Crippen LogP contribution in [0.3, 0.4) is 0 Å². The molecule has 0 aliphatic carbocycles. The van der Waals surface area contributed by atoms with Gasteiger partial charge in [0.05, 0.1) is 18.8 Å². The number of nitrogens with zero attached hydrogens (tertiary/aromatic N) is 1. The summed E-state index contributed by atoms with van der Waals surface area (Å²) in [6, 6.07) is 2.28. The van der Waals surface area contributed by atoms with Crippen LogP contribution >= 0.6 is 11.3 Å². The van der Waals surface area contributed by atoms with Crippen molar-refractivity contribution in [1.29, 1.82) is 0 Å². The Balaban J connectivity index is 2.07. The molecular weight excluding hydrogens is 234 g/mol. The first-order valence-corrected chi connectivity index (χ1v) is 6.97. The fourth-order valence-electron chi connectivity index (χ4n) is 2.27. The van der Waals surface area contributed by atoms with E-state index in [1.165, 1.54) is 10.4 Å². The van der Waals surface area contributed by atoms with E-state index in [2.05, 4.69) is 35.6 Å². The van der Waals surface area contributed by atoms with Crippen LogP contribution < -0.4 is 11.3 Å². The number of thiophene rings is 1. The Morgan fingerprint density at radius 2 is 2.53 bits per heavy atom. The number of hydrogen-bond donors (Lipinski definition) is 2. The van der Waals surface area contributed by atoms with E-state index in [9.17, 15) is 0 Å². The van der Waals surface area contributed by atoms with Gasteiger partial charge < -0.3 is 4.74 Å². The van der Waals surface area contributed by atoms with Gasteiger partial charge in [0.2, 0.25) is 0 Å². The van der Waals surface area contributed by atoms with E-state index >= 15 is 0 Å². The first-order chi connectivity index (χ1) is 8.24. The van der Waals surface area contributed by atoms with Crippen LogP contribution in [0.1, 0.15) is 23.4 Å². The molecular formula is C12H21N3OS. The summed E-state index contributed by atoms with van der Waals surface area (Å²) in [5.41, 5.74) is 4.14. The average molecular weight is 255 g/mol. The summed E-state index contributed by atoms with van der Waals surface area (Å²) in [5, 5.41) is 2.16. The fraction of sp³-hybridized carbons (Fsp3) is 0.667. The van der Waals surface area contributed by atoms with Crippen LogP contribution in [0, 0.1) is 6.92 Å².